The van der Waals surface area contributed by atoms with Crippen LogP contribution < -0.4 is 9.46 Å². The summed E-state index contributed by atoms with van der Waals surface area (Å²) < 4.78 is 34.7. The smallest absolute Gasteiger partial charge is 0.261 e. The minimum atomic E-state index is -3.74. The maximum absolute atomic E-state index is 14.1. The molecular weight excluding hydrogens is 657 g/mol. The summed E-state index contributed by atoms with van der Waals surface area (Å²) in [5, 5.41) is 10.9. The van der Waals surface area contributed by atoms with Crippen LogP contribution in [0.15, 0.2) is 95.9 Å². The van der Waals surface area contributed by atoms with Crippen LogP contribution in [0.1, 0.15) is 34.3 Å². The van der Waals surface area contributed by atoms with Crippen molar-refractivity contribution >= 4 is 42.9 Å². The van der Waals surface area contributed by atoms with Crippen LogP contribution in [0.5, 0.6) is 11.5 Å². The number of likely N-dealkylation sites (tertiary alicyclic amines) is 1. The van der Waals surface area contributed by atoms with Gasteiger partial charge in [0.2, 0.25) is 0 Å². The predicted octanol–water partition coefficient (Wildman–Crippen LogP) is 3.86. The minimum Gasteiger partial charge on any atom is -0.508 e. The van der Waals surface area contributed by atoms with Crippen LogP contribution in [-0.2, 0) is 16.6 Å². The Kier molecular flexibility index (Phi) is 15.4. The fourth-order valence-electron chi connectivity index (χ4n) is 5.36. The van der Waals surface area contributed by atoms with E-state index in [1.807, 2.05) is 18.2 Å². The first kappa shape index (κ1) is 41.2. The number of hydrogen-bond acceptors (Lipinski definition) is 7. The molecule has 1 fully saturated rings. The highest BCUT2D eigenvalue weighted by molar-refractivity contribution is 7.92. The molecule has 0 aliphatic carbocycles. The number of sulfonamides is 1. The minimum absolute atomic E-state index is 0. The number of nitrogens with one attached hydrogen (secondary N) is 1. The van der Waals surface area contributed by atoms with E-state index in [0.29, 0.717) is 22.6 Å². The number of thiophene rings is 1. The number of fused-ring (bicyclic) bond motifs is 1. The molecule has 1 aromatic heterocycles. The van der Waals surface area contributed by atoms with Crippen LogP contribution in [0.25, 0.3) is 20.5 Å². The van der Waals surface area contributed by atoms with E-state index in [2.05, 4.69) is 22.5 Å². The summed E-state index contributed by atoms with van der Waals surface area (Å²) in [6, 6.07) is 25.8. The number of rotatable bonds is 9. The molecule has 11 nitrogen and oxygen atoms in total. The van der Waals surface area contributed by atoms with E-state index in [4.69, 9.17) is 4.74 Å². The van der Waals surface area contributed by atoms with Crippen molar-refractivity contribution in [2.45, 2.75) is 24.3 Å². The van der Waals surface area contributed by atoms with Gasteiger partial charge in [-0.05, 0) is 80.0 Å². The number of benzene rings is 4. The Bertz CT molecular complexity index is 1920. The molecule has 0 spiro atoms. The molecule has 10 N–H and O–H groups in total. The Hall–Kier alpha value is -4.78. The SMILES string of the molecule is C#C.COc1cc(C(=O)c2c(-c3ccc(NS(=O)(=O)c4ccccc4)cc3)sc3cc(O)ccc23)ccc1CN1CCCC1.O.O.O.O. The van der Waals surface area contributed by atoms with Gasteiger partial charge in [0.05, 0.1) is 12.0 Å². The molecule has 1 saturated heterocycles. The number of anilines is 1. The van der Waals surface area contributed by atoms with E-state index in [-0.39, 0.29) is 38.3 Å². The topological polar surface area (TPSA) is 222 Å². The van der Waals surface area contributed by atoms with Gasteiger partial charge in [0.1, 0.15) is 11.5 Å². The van der Waals surface area contributed by atoms with Crippen LogP contribution >= 0.6 is 11.3 Å². The van der Waals surface area contributed by atoms with Crippen molar-refractivity contribution in [2.24, 2.45) is 0 Å². The van der Waals surface area contributed by atoms with Crippen molar-refractivity contribution in [3.8, 4) is 34.8 Å². The highest BCUT2D eigenvalue weighted by Crippen LogP contribution is 2.42. The number of phenols is 1. The summed E-state index contributed by atoms with van der Waals surface area (Å²) >= 11 is 1.41. The van der Waals surface area contributed by atoms with Gasteiger partial charge in [0.25, 0.3) is 10.0 Å². The van der Waals surface area contributed by atoms with Crippen molar-refractivity contribution in [1.29, 1.82) is 0 Å². The number of methoxy groups -OCH3 is 1. The molecule has 4 aromatic carbocycles. The Labute approximate surface area is 283 Å². The molecule has 1 aliphatic rings. The molecule has 256 valence electrons. The van der Waals surface area contributed by atoms with Gasteiger partial charge in [-0.15, -0.1) is 24.2 Å². The summed E-state index contributed by atoms with van der Waals surface area (Å²) in [4.78, 5) is 17.4. The maximum atomic E-state index is 14.1. The third-order valence-corrected chi connectivity index (χ3v) is 10.1. The average Bonchev–Trinajstić information content (AvgIpc) is 3.70. The van der Waals surface area contributed by atoms with Crippen molar-refractivity contribution in [2.75, 3.05) is 24.9 Å². The number of carbonyl (C=O) groups excluding carboxylic acids is 1. The number of ether oxygens (including phenoxy) is 1. The molecule has 0 bridgehead atoms. The highest BCUT2D eigenvalue weighted by atomic mass is 32.2. The van der Waals surface area contributed by atoms with E-state index in [0.717, 1.165) is 45.7 Å². The van der Waals surface area contributed by atoms with Gasteiger partial charge in [-0.25, -0.2) is 8.42 Å². The van der Waals surface area contributed by atoms with E-state index < -0.39 is 10.0 Å². The molecule has 0 saturated carbocycles. The summed E-state index contributed by atoms with van der Waals surface area (Å²) in [5.74, 6) is 0.649. The molecule has 6 rings (SSSR count). The molecule has 48 heavy (non-hydrogen) atoms. The summed E-state index contributed by atoms with van der Waals surface area (Å²) in [6.45, 7) is 2.91. The Morgan fingerprint density at radius 1 is 0.896 bits per heavy atom. The second-order valence-electron chi connectivity index (χ2n) is 10.3. The zero-order valence-corrected chi connectivity index (χ0v) is 27.8. The number of ketones is 1. The third kappa shape index (κ3) is 8.77. The van der Waals surface area contributed by atoms with Gasteiger partial charge in [-0.2, -0.15) is 0 Å². The van der Waals surface area contributed by atoms with Crippen molar-refractivity contribution in [3.05, 3.63) is 108 Å². The molecule has 0 atom stereocenters. The first-order valence-electron chi connectivity index (χ1n) is 14.0. The van der Waals surface area contributed by atoms with E-state index in [1.165, 1.54) is 36.3 Å². The first-order valence-corrected chi connectivity index (χ1v) is 16.3. The number of hydrogen-bond donors (Lipinski definition) is 2. The molecule has 2 heterocycles. The molecular formula is C35H40N2O9S2. The van der Waals surface area contributed by atoms with Crippen LogP contribution in [0, 0.1) is 12.8 Å². The summed E-state index contributed by atoms with van der Waals surface area (Å²) in [5.41, 5.74) is 3.26. The lowest BCUT2D eigenvalue weighted by atomic mass is 9.96. The van der Waals surface area contributed by atoms with Crippen LogP contribution in [0.2, 0.25) is 0 Å². The summed E-state index contributed by atoms with van der Waals surface area (Å²) in [7, 11) is -2.11. The number of phenolic OH excluding ortho intramolecular Hbond substituents is 1. The number of terminal acetylenes is 1. The maximum Gasteiger partial charge on any atom is 0.261 e. The van der Waals surface area contributed by atoms with Gasteiger partial charge < -0.3 is 31.7 Å². The van der Waals surface area contributed by atoms with E-state index >= 15 is 0 Å². The quantitative estimate of drug-likeness (QED) is 0.172. The van der Waals surface area contributed by atoms with Crippen LogP contribution in [0.3, 0.4) is 0 Å². The Morgan fingerprint density at radius 2 is 1.54 bits per heavy atom. The standard InChI is InChI=1S/C33H30N2O5S2.C2H2.4H2O/c1-40-29-19-23(9-10-24(29)21-35-17-5-6-18-35)32(37)31-28-16-15-26(36)20-30(28)41-33(31)22-11-13-25(14-12-22)34-42(38,39)27-7-3-2-4-8-27;1-2;;;;/h2-4,7-16,19-20,34,36H,5-6,17-18,21H2,1H3;1-2H;4*1H2. The summed E-state index contributed by atoms with van der Waals surface area (Å²) in [6.07, 6.45) is 10.4. The van der Waals surface area contributed by atoms with Crippen molar-refractivity contribution < 1.29 is 45.0 Å². The second-order valence-corrected chi connectivity index (χ2v) is 13.1. The fraction of sp³-hybridized carbons (Fsp3) is 0.171. The molecule has 0 amide bonds. The van der Waals surface area contributed by atoms with Gasteiger partial charge in [0.15, 0.2) is 5.78 Å². The van der Waals surface area contributed by atoms with Gasteiger partial charge >= 0.3 is 0 Å². The van der Waals surface area contributed by atoms with Gasteiger partial charge in [-0.1, -0.05) is 42.5 Å². The van der Waals surface area contributed by atoms with E-state index in [1.54, 1.807) is 67.8 Å². The lowest BCUT2D eigenvalue weighted by Gasteiger charge is -2.17. The lowest BCUT2D eigenvalue weighted by Crippen LogP contribution is -2.19. The average molecular weight is 697 g/mol. The first-order chi connectivity index (χ1) is 21.3. The number of aromatic hydroxyl groups is 1. The number of carbonyl (C=O) groups is 1. The molecule has 5 aromatic rings. The zero-order valence-electron chi connectivity index (χ0n) is 26.2. The lowest BCUT2D eigenvalue weighted by molar-refractivity contribution is 0.104. The molecule has 1 aliphatic heterocycles. The Morgan fingerprint density at radius 3 is 2.17 bits per heavy atom. The molecule has 13 heteroatoms. The Balaban J connectivity index is 0.00000189. The second kappa shape index (κ2) is 17.9. The van der Waals surface area contributed by atoms with E-state index in [9.17, 15) is 18.3 Å². The zero-order chi connectivity index (χ0) is 31.3. The van der Waals surface area contributed by atoms with Crippen LogP contribution in [0.4, 0.5) is 5.69 Å². The normalized spacial score (nSPS) is 12.1. The van der Waals surface area contributed by atoms with Gasteiger partial charge in [0, 0.05) is 43.9 Å². The largest absolute Gasteiger partial charge is 0.508 e. The highest BCUT2D eigenvalue weighted by Gasteiger charge is 2.24. The van der Waals surface area contributed by atoms with Crippen LogP contribution in [-0.4, -0.2) is 66.3 Å². The van der Waals surface area contributed by atoms with Gasteiger partial charge in [-0.3, -0.25) is 14.4 Å². The van der Waals surface area contributed by atoms with Crippen molar-refractivity contribution in [3.63, 3.8) is 0 Å². The monoisotopic (exact) mass is 696 g/mol. The van der Waals surface area contributed by atoms with Crippen molar-refractivity contribution in [1.82, 2.24) is 4.90 Å². The predicted molar refractivity (Wildman–Crippen MR) is 191 cm³/mol. The molecule has 0 unspecified atom stereocenters. The molecule has 0 radical (unpaired) electrons. The number of nitrogens with zero attached hydrogens (tertiary/aromatic N) is 1. The fourth-order valence-corrected chi connectivity index (χ4v) is 7.68. The third-order valence-electron chi connectivity index (χ3n) is 7.50.